The van der Waals surface area contributed by atoms with Gasteiger partial charge in [0.25, 0.3) is 0 Å². The quantitative estimate of drug-likeness (QED) is 0.397. The molecule has 12 nitrogen and oxygen atoms in total. The van der Waals surface area contributed by atoms with Crippen molar-refractivity contribution in [2.45, 2.75) is 40.5 Å². The molecular formula is C14H28CuN4O8S2+2. The zero-order valence-electron chi connectivity index (χ0n) is 16.6. The molecule has 0 bridgehead atoms. The van der Waals surface area contributed by atoms with Gasteiger partial charge in [-0.3, -0.25) is 29.1 Å². The van der Waals surface area contributed by atoms with Gasteiger partial charge in [-0.05, 0) is 40.5 Å². The molecule has 173 valence electrons. The minimum atomic E-state index is -5.12. The monoisotopic (exact) mass is 507 g/mol. The SMILES string of the molecule is CC1=NCCCN=C(C)C(C)=NCCCN=C1C.O.O=S(=O)(O)OS(=O)(=O)O.[Cu+2]. The maximum Gasteiger partial charge on any atom is 2.00 e. The largest absolute Gasteiger partial charge is 2.00 e. The van der Waals surface area contributed by atoms with Crippen LogP contribution in [0.25, 0.3) is 0 Å². The number of hydrogen-bond acceptors (Lipinski definition) is 9. The Kier molecular flexibility index (Phi) is 17.7. The van der Waals surface area contributed by atoms with Crippen molar-refractivity contribution >= 4 is 43.6 Å². The molecule has 1 aliphatic rings. The summed E-state index contributed by atoms with van der Waals surface area (Å²) in [6, 6.07) is 0. The van der Waals surface area contributed by atoms with Gasteiger partial charge in [0.05, 0.1) is 22.8 Å². The predicted octanol–water partition coefficient (Wildman–Crippen LogP) is 0.405. The van der Waals surface area contributed by atoms with Crippen molar-refractivity contribution in [3.05, 3.63) is 0 Å². The van der Waals surface area contributed by atoms with Crippen molar-refractivity contribution < 1.29 is 52.1 Å². The van der Waals surface area contributed by atoms with Crippen LogP contribution in [0.15, 0.2) is 20.0 Å². The van der Waals surface area contributed by atoms with Crippen LogP contribution in [-0.4, -0.2) is 80.4 Å². The van der Waals surface area contributed by atoms with E-state index in [4.69, 9.17) is 9.11 Å². The van der Waals surface area contributed by atoms with E-state index in [1.54, 1.807) is 0 Å². The number of hydrogen-bond donors (Lipinski definition) is 2. The van der Waals surface area contributed by atoms with Gasteiger partial charge in [0.1, 0.15) is 0 Å². The molecular weight excluding hydrogens is 480 g/mol. The van der Waals surface area contributed by atoms with E-state index in [0.717, 1.165) is 61.9 Å². The second-order valence-corrected chi connectivity index (χ2v) is 7.75. The van der Waals surface area contributed by atoms with Crippen molar-refractivity contribution in [3.8, 4) is 0 Å². The average Bonchev–Trinajstić information content (AvgIpc) is 2.49. The summed E-state index contributed by atoms with van der Waals surface area (Å²) in [7, 11) is -10.2. The average molecular weight is 508 g/mol. The minimum Gasteiger partial charge on any atom is -0.412 e. The smallest absolute Gasteiger partial charge is 0.412 e. The summed E-state index contributed by atoms with van der Waals surface area (Å²) in [5, 5.41) is 0. The summed E-state index contributed by atoms with van der Waals surface area (Å²) in [4.78, 5) is 18.1. The van der Waals surface area contributed by atoms with Gasteiger partial charge in [-0.2, -0.15) is 16.8 Å². The summed E-state index contributed by atoms with van der Waals surface area (Å²) in [5.41, 5.74) is 4.19. The second kappa shape index (κ2) is 15.7. The van der Waals surface area contributed by atoms with E-state index in [1.165, 1.54) is 0 Å². The molecule has 29 heavy (non-hydrogen) atoms. The van der Waals surface area contributed by atoms with E-state index < -0.39 is 20.8 Å². The van der Waals surface area contributed by atoms with Gasteiger partial charge in [0.2, 0.25) is 0 Å². The number of aliphatic imine (C=N–C) groups is 4. The van der Waals surface area contributed by atoms with E-state index in [-0.39, 0.29) is 22.5 Å². The maximum atomic E-state index is 9.44. The van der Waals surface area contributed by atoms with Crippen molar-refractivity contribution in [1.29, 1.82) is 0 Å². The Hall–Kier alpha value is -1.06. The summed E-state index contributed by atoms with van der Waals surface area (Å²) in [6.45, 7) is 11.4. The fraction of sp³-hybridized carbons (Fsp3) is 0.714. The molecule has 0 spiro atoms. The van der Waals surface area contributed by atoms with Gasteiger partial charge in [-0.1, -0.05) is 0 Å². The molecule has 0 unspecified atom stereocenters. The summed E-state index contributed by atoms with van der Waals surface area (Å²) in [5.74, 6) is 0. The third-order valence-electron chi connectivity index (χ3n) is 3.25. The van der Waals surface area contributed by atoms with Gasteiger partial charge in [-0.25, -0.2) is 0 Å². The van der Waals surface area contributed by atoms with Crippen molar-refractivity contribution in [2.24, 2.45) is 20.0 Å². The Morgan fingerprint density at radius 3 is 1.00 bits per heavy atom. The van der Waals surface area contributed by atoms with Gasteiger partial charge in [-0.15, -0.1) is 3.63 Å². The molecule has 0 aromatic carbocycles. The van der Waals surface area contributed by atoms with Crippen LogP contribution in [0.5, 0.6) is 0 Å². The molecule has 0 saturated carbocycles. The summed E-state index contributed by atoms with van der Waals surface area (Å²) >= 11 is 0. The second-order valence-electron chi connectivity index (χ2n) is 5.50. The standard InChI is InChI=1S/C14H24N4.Cu.H2O7S2.H2O/c1-11-12(2)16-8-6-10-18-14(4)13(3)17-9-5-7-15-11;;1-8(2,3)7-9(4,5)6;/h5-10H2,1-4H3;;(H,1,2,3)(H,4,5,6);1H2/q;+2;;. The van der Waals surface area contributed by atoms with Crippen LogP contribution in [0.4, 0.5) is 0 Å². The molecule has 15 heteroatoms. The molecule has 1 rings (SSSR count). The maximum absolute atomic E-state index is 9.44. The van der Waals surface area contributed by atoms with Gasteiger partial charge in [0, 0.05) is 26.2 Å². The molecule has 0 amide bonds. The van der Waals surface area contributed by atoms with E-state index in [9.17, 15) is 16.8 Å². The fourth-order valence-corrected chi connectivity index (χ4v) is 2.56. The first kappa shape index (κ1) is 32.6. The molecule has 0 saturated heterocycles. The molecule has 0 fully saturated rings. The Bertz CT molecular complexity index is 717. The Morgan fingerprint density at radius 1 is 0.655 bits per heavy atom. The van der Waals surface area contributed by atoms with Crippen LogP contribution in [0.3, 0.4) is 0 Å². The van der Waals surface area contributed by atoms with Crippen molar-refractivity contribution in [1.82, 2.24) is 0 Å². The first-order valence-electron chi connectivity index (χ1n) is 8.02. The Morgan fingerprint density at radius 2 is 0.862 bits per heavy atom. The zero-order chi connectivity index (χ0) is 21.1. The van der Waals surface area contributed by atoms with Crippen LogP contribution >= 0.6 is 0 Å². The predicted molar refractivity (Wildman–Crippen MR) is 109 cm³/mol. The molecule has 1 heterocycles. The Balaban J connectivity index is -0.000000529. The molecule has 4 N–H and O–H groups in total. The topological polar surface area (TPSA) is 199 Å². The first-order valence-corrected chi connectivity index (χ1v) is 10.8. The van der Waals surface area contributed by atoms with Crippen LogP contribution in [0, 0.1) is 0 Å². The molecule has 1 aliphatic heterocycles. The van der Waals surface area contributed by atoms with Crippen molar-refractivity contribution in [3.63, 3.8) is 0 Å². The van der Waals surface area contributed by atoms with E-state index >= 15 is 0 Å². The van der Waals surface area contributed by atoms with E-state index in [1.807, 2.05) is 27.7 Å². The first-order chi connectivity index (χ1) is 12.3. The van der Waals surface area contributed by atoms with Crippen LogP contribution in [-0.2, 0) is 41.5 Å². The molecule has 0 aromatic heterocycles. The molecule has 0 aliphatic carbocycles. The zero-order valence-corrected chi connectivity index (χ0v) is 19.2. The van der Waals surface area contributed by atoms with E-state index in [0.29, 0.717) is 0 Å². The van der Waals surface area contributed by atoms with Gasteiger partial charge < -0.3 is 5.48 Å². The third-order valence-corrected chi connectivity index (χ3v) is 4.62. The fourth-order valence-electron chi connectivity index (χ4n) is 1.69. The minimum absolute atomic E-state index is 0. The van der Waals surface area contributed by atoms with Crippen LogP contribution in [0.1, 0.15) is 40.5 Å². The summed E-state index contributed by atoms with van der Waals surface area (Å²) in [6.07, 6.45) is 1.96. The van der Waals surface area contributed by atoms with Crippen LogP contribution < -0.4 is 0 Å². The van der Waals surface area contributed by atoms with Gasteiger partial charge in [0.15, 0.2) is 0 Å². The normalized spacial score (nSPS) is 16.8. The van der Waals surface area contributed by atoms with E-state index in [2.05, 4.69) is 23.6 Å². The number of nitrogens with zero attached hydrogens (tertiary/aromatic N) is 4. The van der Waals surface area contributed by atoms with Crippen molar-refractivity contribution in [2.75, 3.05) is 26.2 Å². The molecule has 1 radical (unpaired) electrons. The van der Waals surface area contributed by atoms with Crippen LogP contribution in [0.2, 0.25) is 0 Å². The van der Waals surface area contributed by atoms with Gasteiger partial charge >= 0.3 is 37.9 Å². The third kappa shape index (κ3) is 20.0. The summed E-state index contributed by atoms with van der Waals surface area (Å²) < 4.78 is 55.6. The number of rotatable bonds is 2. The Labute approximate surface area is 182 Å². The molecule has 0 atom stereocenters. The molecule has 0 aromatic rings.